The molecular formula is C33H67N3. The fourth-order valence-electron chi connectivity index (χ4n) is 7.53. The minimum Gasteiger partial charge on any atom is -0.309 e. The third kappa shape index (κ3) is 9.57. The van der Waals surface area contributed by atoms with Gasteiger partial charge in [-0.1, -0.05) is 105 Å². The first-order valence-corrected chi connectivity index (χ1v) is 16.4. The quantitative estimate of drug-likeness (QED) is 0.287. The van der Waals surface area contributed by atoms with Gasteiger partial charge in [0.25, 0.3) is 0 Å². The second kappa shape index (κ2) is 16.1. The molecule has 0 radical (unpaired) electrons. The number of nitrogens with zero attached hydrogens (tertiary/aromatic N) is 2. The van der Waals surface area contributed by atoms with E-state index in [9.17, 15) is 0 Å². The summed E-state index contributed by atoms with van der Waals surface area (Å²) in [5.41, 5.74) is 0.456. The Bertz CT molecular complexity index is 579. The lowest BCUT2D eigenvalue weighted by Crippen LogP contribution is -2.63. The van der Waals surface area contributed by atoms with Gasteiger partial charge in [-0.25, -0.2) is 0 Å². The minimum absolute atomic E-state index is 0.185. The molecule has 6 unspecified atom stereocenters. The molecule has 3 nitrogen and oxygen atoms in total. The van der Waals surface area contributed by atoms with E-state index in [1.807, 2.05) is 0 Å². The van der Waals surface area contributed by atoms with Gasteiger partial charge in [0.2, 0.25) is 0 Å². The zero-order valence-electron chi connectivity index (χ0n) is 26.1. The molecule has 6 atom stereocenters. The van der Waals surface area contributed by atoms with Gasteiger partial charge < -0.3 is 10.2 Å². The van der Waals surface area contributed by atoms with Crippen LogP contribution in [-0.4, -0.2) is 61.2 Å². The smallest absolute Gasteiger partial charge is 0.0434 e. The van der Waals surface area contributed by atoms with Crippen LogP contribution in [0.25, 0.3) is 0 Å². The molecule has 0 aromatic rings. The molecule has 2 rings (SSSR count). The predicted molar refractivity (Wildman–Crippen MR) is 161 cm³/mol. The molecule has 36 heavy (non-hydrogen) atoms. The van der Waals surface area contributed by atoms with E-state index in [-0.39, 0.29) is 11.1 Å². The van der Waals surface area contributed by atoms with Crippen molar-refractivity contribution in [3.05, 3.63) is 0 Å². The first-order chi connectivity index (χ1) is 17.2. The molecule has 0 spiro atoms. The minimum atomic E-state index is 0.185. The molecule has 0 amide bonds. The molecule has 2 aliphatic rings. The van der Waals surface area contributed by atoms with E-state index in [4.69, 9.17) is 0 Å². The van der Waals surface area contributed by atoms with Gasteiger partial charge in [0.05, 0.1) is 0 Å². The lowest BCUT2D eigenvalue weighted by molar-refractivity contribution is 0.0276. The normalized spacial score (nSPS) is 32.1. The van der Waals surface area contributed by atoms with Crippen molar-refractivity contribution in [2.24, 2.45) is 23.7 Å². The number of rotatable bonds is 12. The van der Waals surface area contributed by atoms with E-state index in [2.05, 4.69) is 70.8 Å². The Morgan fingerprint density at radius 2 is 1.58 bits per heavy atom. The first-order valence-electron chi connectivity index (χ1n) is 16.4. The Labute approximate surface area is 227 Å². The van der Waals surface area contributed by atoms with Gasteiger partial charge in [-0.05, 0) is 83.5 Å². The highest BCUT2D eigenvalue weighted by molar-refractivity contribution is 4.98. The summed E-state index contributed by atoms with van der Waals surface area (Å²) in [4.78, 5) is 5.41. The van der Waals surface area contributed by atoms with Gasteiger partial charge in [-0.2, -0.15) is 0 Å². The lowest BCUT2D eigenvalue weighted by Gasteiger charge is -2.49. The van der Waals surface area contributed by atoms with Crippen molar-refractivity contribution in [3.63, 3.8) is 0 Å². The number of likely N-dealkylation sites (N-methyl/N-ethyl adjacent to an activating group) is 2. The Hall–Kier alpha value is -0.120. The van der Waals surface area contributed by atoms with Crippen LogP contribution >= 0.6 is 0 Å². The molecule has 1 N–H and O–H groups in total. The number of hydrogen-bond acceptors (Lipinski definition) is 3. The Balaban J connectivity index is 2.07. The lowest BCUT2D eigenvalue weighted by atomic mass is 9.76. The molecule has 2 fully saturated rings. The topological polar surface area (TPSA) is 18.5 Å². The summed E-state index contributed by atoms with van der Waals surface area (Å²) in [7, 11) is 4.81. The van der Waals surface area contributed by atoms with Gasteiger partial charge in [0.15, 0.2) is 0 Å². The van der Waals surface area contributed by atoms with Crippen molar-refractivity contribution in [3.8, 4) is 0 Å². The second-order valence-corrected chi connectivity index (χ2v) is 13.6. The molecule has 0 bridgehead atoms. The van der Waals surface area contributed by atoms with Gasteiger partial charge in [0, 0.05) is 24.2 Å². The molecule has 1 saturated heterocycles. The number of hydrogen-bond donors (Lipinski definition) is 1. The molecule has 1 aliphatic heterocycles. The molecular weight excluding hydrogens is 438 g/mol. The monoisotopic (exact) mass is 506 g/mol. The van der Waals surface area contributed by atoms with Crippen molar-refractivity contribution in [1.82, 2.24) is 15.1 Å². The summed E-state index contributed by atoms with van der Waals surface area (Å²) in [6, 6.07) is 0. The SMILES string of the molecule is CCC1CCCCC(CCCC(C)(C(C)CC)N(C)CC2(CC)CN(C)CCCC(CC)CN2)CC1. The Morgan fingerprint density at radius 3 is 2.22 bits per heavy atom. The van der Waals surface area contributed by atoms with Crippen LogP contribution in [0.1, 0.15) is 138 Å². The fourth-order valence-corrected chi connectivity index (χ4v) is 7.53. The van der Waals surface area contributed by atoms with Crippen molar-refractivity contribution in [2.45, 2.75) is 149 Å². The van der Waals surface area contributed by atoms with E-state index in [0.29, 0.717) is 0 Å². The van der Waals surface area contributed by atoms with Gasteiger partial charge >= 0.3 is 0 Å². The maximum atomic E-state index is 4.16. The third-order valence-electron chi connectivity index (χ3n) is 11.2. The van der Waals surface area contributed by atoms with Crippen LogP contribution in [0.3, 0.4) is 0 Å². The number of nitrogens with one attached hydrogen (secondary N) is 1. The van der Waals surface area contributed by atoms with Crippen molar-refractivity contribution < 1.29 is 0 Å². The molecule has 1 heterocycles. The molecule has 1 aliphatic carbocycles. The summed E-state index contributed by atoms with van der Waals surface area (Å²) >= 11 is 0. The molecule has 3 heteroatoms. The molecule has 0 aromatic heterocycles. The average molecular weight is 506 g/mol. The highest BCUT2D eigenvalue weighted by Gasteiger charge is 2.40. The Morgan fingerprint density at radius 1 is 0.944 bits per heavy atom. The van der Waals surface area contributed by atoms with Crippen LogP contribution in [0.2, 0.25) is 0 Å². The van der Waals surface area contributed by atoms with Crippen LogP contribution in [0.15, 0.2) is 0 Å². The maximum Gasteiger partial charge on any atom is 0.0434 e. The van der Waals surface area contributed by atoms with Gasteiger partial charge in [-0.3, -0.25) is 4.90 Å². The molecule has 214 valence electrons. The summed E-state index contributed by atoms with van der Waals surface area (Å²) < 4.78 is 0. The van der Waals surface area contributed by atoms with Crippen molar-refractivity contribution >= 4 is 0 Å². The van der Waals surface area contributed by atoms with Crippen LogP contribution in [0, 0.1) is 23.7 Å². The van der Waals surface area contributed by atoms with Crippen molar-refractivity contribution in [1.29, 1.82) is 0 Å². The standard InChI is InChI=1S/C33H67N3/c1-9-28(5)32(6,23-15-19-31-18-14-13-17-29(10-2)21-22-31)36(8)27-33(12-4)26-35(7)24-16-20-30(11-3)25-34-33/h28-31,34H,9-27H2,1-8H3. The van der Waals surface area contributed by atoms with E-state index >= 15 is 0 Å². The largest absolute Gasteiger partial charge is 0.309 e. The van der Waals surface area contributed by atoms with E-state index in [0.717, 1.165) is 30.2 Å². The van der Waals surface area contributed by atoms with Crippen molar-refractivity contribution in [2.75, 3.05) is 40.3 Å². The van der Waals surface area contributed by atoms with Gasteiger partial charge in [0.1, 0.15) is 0 Å². The molecule has 0 aromatic carbocycles. The maximum absolute atomic E-state index is 4.16. The van der Waals surface area contributed by atoms with Crippen LogP contribution in [-0.2, 0) is 0 Å². The summed E-state index contributed by atoms with van der Waals surface area (Å²) in [6.45, 7) is 19.5. The fraction of sp³-hybridized carbons (Fsp3) is 1.00. The highest BCUT2D eigenvalue weighted by atomic mass is 15.2. The van der Waals surface area contributed by atoms with Crippen LogP contribution in [0.4, 0.5) is 0 Å². The van der Waals surface area contributed by atoms with E-state index < -0.39 is 0 Å². The van der Waals surface area contributed by atoms with Crippen LogP contribution in [0.5, 0.6) is 0 Å². The van der Waals surface area contributed by atoms with Crippen LogP contribution < -0.4 is 5.32 Å². The van der Waals surface area contributed by atoms with E-state index in [1.54, 1.807) is 0 Å². The zero-order chi connectivity index (χ0) is 26.6. The Kier molecular flexibility index (Phi) is 14.3. The first kappa shape index (κ1) is 32.1. The third-order valence-corrected chi connectivity index (χ3v) is 11.2. The summed E-state index contributed by atoms with van der Waals surface area (Å²) in [5, 5.41) is 4.16. The second-order valence-electron chi connectivity index (χ2n) is 13.6. The van der Waals surface area contributed by atoms with E-state index in [1.165, 1.54) is 116 Å². The summed E-state index contributed by atoms with van der Waals surface area (Å²) in [6.07, 6.45) is 21.0. The highest BCUT2D eigenvalue weighted by Crippen LogP contribution is 2.36. The van der Waals surface area contributed by atoms with Gasteiger partial charge in [-0.15, -0.1) is 0 Å². The summed E-state index contributed by atoms with van der Waals surface area (Å²) in [5.74, 6) is 3.52. The average Bonchev–Trinajstić information content (AvgIpc) is 2.93. The molecule has 1 saturated carbocycles. The predicted octanol–water partition coefficient (Wildman–Crippen LogP) is 8.38. The zero-order valence-corrected chi connectivity index (χ0v) is 26.1.